The molecular weight excluding hydrogens is 315 g/mol. The number of aliphatic carboxylic acids is 3. The Balaban J connectivity index is -0.0000000480. The third-order valence-electron chi connectivity index (χ3n) is 1.25. The summed E-state index contributed by atoms with van der Waals surface area (Å²) in [6.45, 7) is 0. The molecule has 0 amide bonds. The Hall–Kier alpha value is 3.33. The number of carboxylic acids is 3. The molecule has 19 heavy (non-hydrogen) atoms. The maximum absolute atomic E-state index is 10.1. The molecule has 0 atom stereocenters. The van der Waals surface area contributed by atoms with E-state index < -0.39 is 36.4 Å². The Kier molecular flexibility index (Phi) is 48.5. The molecule has 13 heteroatoms. The van der Waals surface area contributed by atoms with Crippen LogP contribution in [0.5, 0.6) is 0 Å². The molecule has 0 heterocycles. The van der Waals surface area contributed by atoms with Crippen molar-refractivity contribution in [3.63, 3.8) is 0 Å². The molecule has 3 N–H and O–H groups in total. The van der Waals surface area contributed by atoms with Crippen LogP contribution in [-0.4, -0.2) is 34.1 Å². The number of carboxylic acid groups (broad SMARTS) is 3. The molecular formula is C6H7Na5O8+2. The van der Waals surface area contributed by atoms with E-state index in [1.807, 2.05) is 0 Å². The van der Waals surface area contributed by atoms with Gasteiger partial charge in [-0.25, -0.2) is 0 Å². The summed E-state index contributed by atoms with van der Waals surface area (Å²) >= 11 is 0. The molecule has 0 bridgehead atoms. The first kappa shape index (κ1) is 43.2. The third-order valence-corrected chi connectivity index (χ3v) is 1.25. The molecule has 0 saturated carbocycles. The van der Waals surface area contributed by atoms with Crippen molar-refractivity contribution >= 4 is 17.9 Å². The summed E-state index contributed by atoms with van der Waals surface area (Å²) in [5.74, 6) is -5.98. The molecule has 0 aromatic carbocycles. The van der Waals surface area contributed by atoms with E-state index in [4.69, 9.17) is 5.11 Å². The maximum Gasteiger partial charge on any atom is 1.00 e. The maximum atomic E-state index is 10.1. The topological polar surface area (TPSA) is 172 Å². The van der Waals surface area contributed by atoms with Gasteiger partial charge in [-0.1, -0.05) is 0 Å². The third kappa shape index (κ3) is 21.3. The van der Waals surface area contributed by atoms with Gasteiger partial charge >= 0.3 is 148 Å². The van der Waals surface area contributed by atoms with Crippen LogP contribution in [0.1, 0.15) is 12.8 Å². The number of hydrogen-bond acceptors (Lipinski definition) is 7. The van der Waals surface area contributed by atoms with Gasteiger partial charge in [0.15, 0.2) is 0 Å². The molecule has 0 aromatic heterocycles. The molecule has 0 saturated heterocycles. The Morgan fingerprint density at radius 3 is 1.11 bits per heavy atom. The van der Waals surface area contributed by atoms with Crippen molar-refractivity contribution in [2.45, 2.75) is 18.4 Å². The molecule has 0 unspecified atom stereocenters. The van der Waals surface area contributed by atoms with E-state index in [0.29, 0.717) is 0 Å². The van der Waals surface area contributed by atoms with Crippen molar-refractivity contribution in [1.29, 1.82) is 0 Å². The standard InChI is InChI=1S/C6H8O7.5Na.H2O/c7-3(8)1-6(13,5(11)12)2-4(9)10;;;;;;/h13H,1-2H2,(H,7,8)(H,9,10)(H,11,12);;;;;;1H2/q;5*+1;/p-3. The zero-order valence-corrected chi connectivity index (χ0v) is 21.8. The largest absolute Gasteiger partial charge is 1.00 e. The molecule has 0 spiro atoms. The number of aliphatic hydroxyl groups is 1. The van der Waals surface area contributed by atoms with Crippen LogP contribution < -0.4 is 163 Å². The molecule has 0 aliphatic rings. The van der Waals surface area contributed by atoms with Gasteiger partial charge in [-0.15, -0.1) is 0 Å². The van der Waals surface area contributed by atoms with Crippen molar-refractivity contribution in [3.8, 4) is 0 Å². The van der Waals surface area contributed by atoms with Gasteiger partial charge in [0.05, 0.1) is 5.97 Å². The van der Waals surface area contributed by atoms with Crippen molar-refractivity contribution in [2.24, 2.45) is 0 Å². The van der Waals surface area contributed by atoms with E-state index in [0.717, 1.165) is 0 Å². The minimum absolute atomic E-state index is 0. The van der Waals surface area contributed by atoms with Crippen LogP contribution >= 0.6 is 0 Å². The van der Waals surface area contributed by atoms with E-state index in [1.165, 1.54) is 0 Å². The first-order chi connectivity index (χ1) is 5.78. The van der Waals surface area contributed by atoms with E-state index in [9.17, 15) is 29.7 Å². The summed E-state index contributed by atoms with van der Waals surface area (Å²) in [5, 5.41) is 38.9. The number of hydrogen-bond donors (Lipinski definition) is 1. The van der Waals surface area contributed by atoms with Crippen molar-refractivity contribution in [1.82, 2.24) is 0 Å². The van der Waals surface area contributed by atoms with Crippen LogP contribution in [-0.2, 0) is 14.4 Å². The smallest absolute Gasteiger partial charge is 0.550 e. The fourth-order valence-electron chi connectivity index (χ4n) is 0.684. The predicted octanol–water partition coefficient (Wildman–Crippen LogP) is -21.1. The SMILES string of the molecule is O.O=C([O-])CC(O)(CC(=O)[O-])C(=O)[O-].[Na+].[Na+].[Na+].[Na+].[Na+]. The van der Waals surface area contributed by atoms with Gasteiger partial charge in [-0.3, -0.25) is 0 Å². The Labute approximate surface area is 220 Å². The minimum atomic E-state index is -2.97. The second-order valence-electron chi connectivity index (χ2n) is 2.42. The van der Waals surface area contributed by atoms with Crippen LogP contribution in [0.3, 0.4) is 0 Å². The van der Waals surface area contributed by atoms with Gasteiger partial charge in [0.25, 0.3) is 0 Å². The summed E-state index contributed by atoms with van der Waals surface area (Å²) in [6.07, 6.45) is -2.72. The van der Waals surface area contributed by atoms with Crippen LogP contribution in [0.4, 0.5) is 0 Å². The van der Waals surface area contributed by atoms with Gasteiger partial charge in [-0.05, 0) is 0 Å². The fraction of sp³-hybridized carbons (Fsp3) is 0.500. The van der Waals surface area contributed by atoms with Gasteiger partial charge in [0.1, 0.15) is 5.60 Å². The summed E-state index contributed by atoms with van der Waals surface area (Å²) in [7, 11) is 0. The van der Waals surface area contributed by atoms with E-state index in [2.05, 4.69) is 0 Å². The molecule has 0 aliphatic heterocycles. The van der Waals surface area contributed by atoms with Crippen molar-refractivity contribution in [3.05, 3.63) is 0 Å². The first-order valence-corrected chi connectivity index (χ1v) is 3.11. The predicted molar refractivity (Wildman–Crippen MR) is 32.8 cm³/mol. The second-order valence-corrected chi connectivity index (χ2v) is 2.42. The van der Waals surface area contributed by atoms with Crippen LogP contribution in [0, 0.1) is 0 Å². The average molecular weight is 322 g/mol. The summed E-state index contributed by atoms with van der Waals surface area (Å²) < 4.78 is 0. The van der Waals surface area contributed by atoms with E-state index in [1.54, 1.807) is 0 Å². The zero-order chi connectivity index (χ0) is 10.6. The summed E-state index contributed by atoms with van der Waals surface area (Å²) in [5.41, 5.74) is -2.97. The Morgan fingerprint density at radius 2 is 1.00 bits per heavy atom. The molecule has 0 aliphatic carbocycles. The van der Waals surface area contributed by atoms with Gasteiger partial charge in [-0.2, -0.15) is 0 Å². The summed E-state index contributed by atoms with van der Waals surface area (Å²) in [6, 6.07) is 0. The normalized spacial score (nSPS) is 7.42. The van der Waals surface area contributed by atoms with Crippen molar-refractivity contribution in [2.75, 3.05) is 0 Å². The zero-order valence-electron chi connectivity index (χ0n) is 11.8. The Bertz CT molecular complexity index is 244. The quantitative estimate of drug-likeness (QED) is 0.489. The molecule has 8 nitrogen and oxygen atoms in total. The number of rotatable bonds is 5. The number of carbonyl (C=O) groups excluding carboxylic acids is 3. The van der Waals surface area contributed by atoms with Crippen LogP contribution in [0.2, 0.25) is 0 Å². The van der Waals surface area contributed by atoms with Gasteiger partial charge < -0.3 is 40.3 Å². The number of carbonyl (C=O) groups is 3. The van der Waals surface area contributed by atoms with Crippen molar-refractivity contribution < 1.29 is 188 Å². The van der Waals surface area contributed by atoms with Crippen LogP contribution in [0.15, 0.2) is 0 Å². The Morgan fingerprint density at radius 1 is 0.789 bits per heavy atom. The minimum Gasteiger partial charge on any atom is -0.550 e. The second kappa shape index (κ2) is 21.3. The van der Waals surface area contributed by atoms with Gasteiger partial charge in [0.2, 0.25) is 0 Å². The molecule has 0 rings (SSSR count). The molecule has 82 valence electrons. The van der Waals surface area contributed by atoms with Crippen LogP contribution in [0.25, 0.3) is 0 Å². The van der Waals surface area contributed by atoms with E-state index >= 15 is 0 Å². The first-order valence-electron chi connectivity index (χ1n) is 3.11. The summed E-state index contributed by atoms with van der Waals surface area (Å²) in [4.78, 5) is 30.0. The average Bonchev–Trinajstić information content (AvgIpc) is 1.82. The molecule has 0 radical (unpaired) electrons. The monoisotopic (exact) mass is 322 g/mol. The molecule has 0 aromatic rings. The van der Waals surface area contributed by atoms with Gasteiger partial charge in [0, 0.05) is 24.8 Å². The van der Waals surface area contributed by atoms with E-state index in [-0.39, 0.29) is 153 Å². The fourth-order valence-corrected chi connectivity index (χ4v) is 0.684. The molecule has 0 fully saturated rings.